The normalized spacial score (nSPS) is 16.2. The Labute approximate surface area is 198 Å². The Morgan fingerprint density at radius 2 is 1.52 bits per heavy atom. The summed E-state index contributed by atoms with van der Waals surface area (Å²) in [5.74, 6) is 0.906. The van der Waals surface area contributed by atoms with E-state index < -0.39 is 0 Å². The predicted molar refractivity (Wildman–Crippen MR) is 141 cm³/mol. The number of nitrogens with zero attached hydrogens (tertiary/aromatic N) is 1. The van der Waals surface area contributed by atoms with Crippen molar-refractivity contribution >= 4 is 11.1 Å². The lowest BCUT2D eigenvalue weighted by Crippen LogP contribution is -2.19. The number of allylic oxidation sites excluding steroid dienone is 12. The molecule has 0 saturated heterocycles. The molecule has 0 unspecified atom stereocenters. The van der Waals surface area contributed by atoms with Gasteiger partial charge in [0.1, 0.15) is 12.4 Å². The molecule has 0 aromatic heterocycles. The smallest absolute Gasteiger partial charge is 0.119 e. The van der Waals surface area contributed by atoms with Gasteiger partial charge >= 0.3 is 0 Å². The molecule has 33 heavy (non-hydrogen) atoms. The fourth-order valence-corrected chi connectivity index (χ4v) is 4.12. The van der Waals surface area contributed by atoms with Crippen molar-refractivity contribution in [2.75, 3.05) is 27.2 Å². The summed E-state index contributed by atoms with van der Waals surface area (Å²) in [7, 11) is 4.12. The molecule has 0 bridgehead atoms. The number of hydrogen-bond donors (Lipinski definition) is 0. The number of likely N-dealkylation sites (N-methyl/N-ethyl adjacent to an activating group) is 1. The zero-order valence-electron chi connectivity index (χ0n) is 19.7. The topological polar surface area (TPSA) is 12.5 Å². The van der Waals surface area contributed by atoms with Gasteiger partial charge in [0.05, 0.1) is 0 Å². The van der Waals surface area contributed by atoms with Crippen molar-refractivity contribution in [2.24, 2.45) is 0 Å². The molecule has 0 saturated carbocycles. The molecular weight excluding hydrogens is 402 g/mol. The highest BCUT2D eigenvalue weighted by Gasteiger charge is 2.18. The third kappa shape index (κ3) is 6.12. The second-order valence-electron chi connectivity index (χ2n) is 8.62. The molecule has 2 aromatic carbocycles. The Morgan fingerprint density at radius 1 is 0.788 bits per heavy atom. The molecule has 0 amide bonds. The quantitative estimate of drug-likeness (QED) is 0.405. The fourth-order valence-electron chi connectivity index (χ4n) is 4.12. The molecule has 0 aliphatic heterocycles. The standard InChI is InChI=1S/C31H33NO/c1-32(2)23-24-33-29-21-19-28(20-22-29)31(27-13-7-3-4-8-14-27)30(25-15-9-5-10-16-25)26-17-11-6-12-18-26/h3,5,7-11,13-22H,4,6,12,23-24H2,1-2H3/b31-30-. The first kappa shape index (κ1) is 22.8. The maximum Gasteiger partial charge on any atom is 0.119 e. The first-order chi connectivity index (χ1) is 16.2. The van der Waals surface area contributed by atoms with Gasteiger partial charge in [0.15, 0.2) is 0 Å². The summed E-state index contributed by atoms with van der Waals surface area (Å²) >= 11 is 0. The molecular formula is C31H33NO. The summed E-state index contributed by atoms with van der Waals surface area (Å²) in [4.78, 5) is 2.13. The summed E-state index contributed by atoms with van der Waals surface area (Å²) in [5.41, 5.74) is 7.47. The predicted octanol–water partition coefficient (Wildman–Crippen LogP) is 7.26. The zero-order valence-corrected chi connectivity index (χ0v) is 19.7. The molecule has 168 valence electrons. The number of rotatable bonds is 8. The minimum Gasteiger partial charge on any atom is -0.492 e. The average molecular weight is 436 g/mol. The van der Waals surface area contributed by atoms with Gasteiger partial charge in [-0.1, -0.05) is 91.1 Å². The largest absolute Gasteiger partial charge is 0.492 e. The van der Waals surface area contributed by atoms with E-state index in [9.17, 15) is 0 Å². The van der Waals surface area contributed by atoms with E-state index >= 15 is 0 Å². The molecule has 2 aliphatic carbocycles. The second-order valence-corrected chi connectivity index (χ2v) is 8.62. The maximum atomic E-state index is 5.96. The van der Waals surface area contributed by atoms with Crippen LogP contribution in [-0.4, -0.2) is 32.1 Å². The molecule has 0 N–H and O–H groups in total. The van der Waals surface area contributed by atoms with Crippen molar-refractivity contribution < 1.29 is 4.74 Å². The summed E-state index contributed by atoms with van der Waals surface area (Å²) in [6, 6.07) is 19.3. The van der Waals surface area contributed by atoms with Gasteiger partial charge in [-0.3, -0.25) is 0 Å². The lowest BCUT2D eigenvalue weighted by Gasteiger charge is -2.21. The molecule has 0 spiro atoms. The molecule has 2 aromatic rings. The van der Waals surface area contributed by atoms with Crippen molar-refractivity contribution in [3.63, 3.8) is 0 Å². The van der Waals surface area contributed by atoms with E-state index in [4.69, 9.17) is 4.74 Å². The summed E-state index contributed by atoms with van der Waals surface area (Å²) in [5, 5.41) is 0. The molecule has 0 fully saturated rings. The average Bonchev–Trinajstić information content (AvgIpc) is 3.13. The Hall–Kier alpha value is -3.36. The van der Waals surface area contributed by atoms with Crippen LogP contribution in [0.3, 0.4) is 0 Å². The lowest BCUT2D eigenvalue weighted by molar-refractivity contribution is 0.261. The third-order valence-electron chi connectivity index (χ3n) is 5.82. The highest BCUT2D eigenvalue weighted by Crippen LogP contribution is 2.39. The summed E-state index contributed by atoms with van der Waals surface area (Å²) in [6.45, 7) is 1.58. The monoisotopic (exact) mass is 435 g/mol. The van der Waals surface area contributed by atoms with Gasteiger partial charge in [-0.05, 0) is 78.9 Å². The number of benzene rings is 2. The first-order valence-corrected chi connectivity index (χ1v) is 11.8. The minimum absolute atomic E-state index is 0.681. The van der Waals surface area contributed by atoms with E-state index in [1.165, 1.54) is 33.4 Å². The van der Waals surface area contributed by atoms with Crippen molar-refractivity contribution in [3.8, 4) is 5.75 Å². The SMILES string of the molecule is CN(C)CCOc1ccc(/C(C2=CC=CCC=C2)=C(\C2=CCCC=C2)c2ccccc2)cc1. The second kappa shape index (κ2) is 11.5. The summed E-state index contributed by atoms with van der Waals surface area (Å²) in [6.07, 6.45) is 21.2. The molecule has 2 heteroatoms. The highest BCUT2D eigenvalue weighted by atomic mass is 16.5. The Kier molecular flexibility index (Phi) is 7.94. The van der Waals surface area contributed by atoms with Gasteiger partial charge in [-0.15, -0.1) is 0 Å². The molecule has 0 atom stereocenters. The maximum absolute atomic E-state index is 5.96. The van der Waals surface area contributed by atoms with Crippen molar-refractivity contribution in [1.82, 2.24) is 4.90 Å². The first-order valence-electron chi connectivity index (χ1n) is 11.8. The van der Waals surface area contributed by atoms with Crippen LogP contribution in [0, 0.1) is 0 Å². The van der Waals surface area contributed by atoms with E-state index in [2.05, 4.69) is 122 Å². The van der Waals surface area contributed by atoms with Crippen LogP contribution in [0.15, 0.2) is 114 Å². The summed E-state index contributed by atoms with van der Waals surface area (Å²) < 4.78 is 5.96. The van der Waals surface area contributed by atoms with Crippen LogP contribution >= 0.6 is 0 Å². The third-order valence-corrected chi connectivity index (χ3v) is 5.82. The van der Waals surface area contributed by atoms with Gasteiger partial charge in [-0.2, -0.15) is 0 Å². The van der Waals surface area contributed by atoms with Crippen LogP contribution in [-0.2, 0) is 0 Å². The van der Waals surface area contributed by atoms with Crippen LogP contribution in [0.5, 0.6) is 5.75 Å². The lowest BCUT2D eigenvalue weighted by atomic mass is 9.83. The molecule has 2 nitrogen and oxygen atoms in total. The van der Waals surface area contributed by atoms with E-state index in [-0.39, 0.29) is 0 Å². The fraction of sp³-hybridized carbons (Fsp3) is 0.226. The van der Waals surface area contributed by atoms with Crippen molar-refractivity contribution in [3.05, 3.63) is 125 Å². The number of ether oxygens (including phenoxy) is 1. The van der Waals surface area contributed by atoms with Crippen LogP contribution < -0.4 is 4.74 Å². The molecule has 2 aliphatic rings. The molecule has 0 heterocycles. The Balaban J connectivity index is 1.84. The van der Waals surface area contributed by atoms with Crippen molar-refractivity contribution in [2.45, 2.75) is 19.3 Å². The van der Waals surface area contributed by atoms with Gasteiger partial charge in [0, 0.05) is 6.54 Å². The van der Waals surface area contributed by atoms with E-state index in [1.807, 2.05) is 0 Å². The van der Waals surface area contributed by atoms with E-state index in [1.54, 1.807) is 0 Å². The zero-order chi connectivity index (χ0) is 22.9. The van der Waals surface area contributed by atoms with Gasteiger partial charge in [0.25, 0.3) is 0 Å². The number of hydrogen-bond acceptors (Lipinski definition) is 2. The van der Waals surface area contributed by atoms with Crippen LogP contribution in [0.2, 0.25) is 0 Å². The van der Waals surface area contributed by atoms with Crippen LogP contribution in [0.25, 0.3) is 11.1 Å². The Morgan fingerprint density at radius 3 is 2.24 bits per heavy atom. The Bertz CT molecular complexity index is 1110. The van der Waals surface area contributed by atoms with Crippen LogP contribution in [0.4, 0.5) is 0 Å². The van der Waals surface area contributed by atoms with E-state index in [0.717, 1.165) is 31.6 Å². The van der Waals surface area contributed by atoms with Crippen LogP contribution in [0.1, 0.15) is 30.4 Å². The van der Waals surface area contributed by atoms with Gasteiger partial charge in [0.2, 0.25) is 0 Å². The van der Waals surface area contributed by atoms with Gasteiger partial charge < -0.3 is 9.64 Å². The highest BCUT2D eigenvalue weighted by molar-refractivity contribution is 6.06. The van der Waals surface area contributed by atoms with E-state index in [0.29, 0.717) is 6.61 Å². The van der Waals surface area contributed by atoms with Crippen molar-refractivity contribution in [1.29, 1.82) is 0 Å². The molecule has 4 rings (SSSR count). The van der Waals surface area contributed by atoms with Gasteiger partial charge in [-0.25, -0.2) is 0 Å². The minimum atomic E-state index is 0.681. The molecule has 0 radical (unpaired) electrons.